The lowest BCUT2D eigenvalue weighted by molar-refractivity contribution is -0.116. The summed E-state index contributed by atoms with van der Waals surface area (Å²) in [6, 6.07) is 0. The monoisotopic (exact) mass is 224 g/mol. The molecule has 1 amide bonds. The fourth-order valence-corrected chi connectivity index (χ4v) is 1.06. The highest BCUT2D eigenvalue weighted by Gasteiger charge is 2.12. The Kier molecular flexibility index (Phi) is 3.76. The summed E-state index contributed by atoms with van der Waals surface area (Å²) in [5, 5.41) is 11.1. The minimum absolute atomic E-state index is 0.154. The Morgan fingerprint density at radius 2 is 2.25 bits per heavy atom. The molecule has 0 saturated heterocycles. The normalized spacial score (nSPS) is 9.81. The van der Waals surface area contributed by atoms with Crippen LogP contribution in [0.25, 0.3) is 0 Å². The third-order valence-electron chi connectivity index (χ3n) is 1.75. The average molecular weight is 224 g/mol. The third-order valence-corrected chi connectivity index (χ3v) is 1.75. The topological polar surface area (TPSA) is 118 Å². The van der Waals surface area contributed by atoms with Gasteiger partial charge in [-0.2, -0.15) is 0 Å². The van der Waals surface area contributed by atoms with E-state index in [9.17, 15) is 9.59 Å². The Morgan fingerprint density at radius 3 is 2.75 bits per heavy atom. The number of carbonyl (C=O) groups excluding carboxylic acids is 1. The number of nitrogen functional groups attached to an aromatic ring is 1. The van der Waals surface area contributed by atoms with Gasteiger partial charge in [0, 0.05) is 6.42 Å². The number of anilines is 2. The smallest absolute Gasteiger partial charge is 0.358 e. The lowest BCUT2D eigenvalue weighted by Gasteiger charge is -2.04. The molecule has 0 fully saturated rings. The second-order valence-electron chi connectivity index (χ2n) is 3.09. The molecule has 0 aliphatic rings. The number of nitrogens with one attached hydrogen (secondary N) is 1. The van der Waals surface area contributed by atoms with Crippen molar-refractivity contribution >= 4 is 23.5 Å². The number of carboxylic acids is 1. The van der Waals surface area contributed by atoms with E-state index in [4.69, 9.17) is 10.8 Å². The van der Waals surface area contributed by atoms with Gasteiger partial charge < -0.3 is 16.2 Å². The number of carboxylic acid groups (broad SMARTS) is 1. The molecule has 0 atom stereocenters. The predicted octanol–water partition coefficient (Wildman–Crippen LogP) is 0.496. The number of amides is 1. The number of nitrogens with two attached hydrogens (primary N) is 1. The van der Waals surface area contributed by atoms with Crippen LogP contribution in [0, 0.1) is 0 Å². The molecule has 1 aromatic rings. The van der Waals surface area contributed by atoms with Gasteiger partial charge in [-0.25, -0.2) is 14.8 Å². The predicted molar refractivity (Wildman–Crippen MR) is 56.9 cm³/mol. The van der Waals surface area contributed by atoms with Crippen LogP contribution in [-0.2, 0) is 4.79 Å². The van der Waals surface area contributed by atoms with E-state index in [1.807, 2.05) is 6.92 Å². The van der Waals surface area contributed by atoms with Crippen LogP contribution in [0.2, 0.25) is 0 Å². The van der Waals surface area contributed by atoms with E-state index in [1.54, 1.807) is 0 Å². The molecule has 86 valence electrons. The maximum atomic E-state index is 11.2. The molecule has 0 spiro atoms. The molecule has 16 heavy (non-hydrogen) atoms. The van der Waals surface area contributed by atoms with E-state index >= 15 is 0 Å². The van der Waals surface area contributed by atoms with E-state index in [0.717, 1.165) is 6.20 Å². The molecule has 0 aliphatic heterocycles. The lowest BCUT2D eigenvalue weighted by Crippen LogP contribution is -2.15. The van der Waals surface area contributed by atoms with Crippen LogP contribution in [-0.4, -0.2) is 27.0 Å². The van der Waals surface area contributed by atoms with Crippen LogP contribution in [0.15, 0.2) is 6.20 Å². The molecule has 0 aliphatic carbocycles. The van der Waals surface area contributed by atoms with Gasteiger partial charge in [-0.05, 0) is 6.42 Å². The van der Waals surface area contributed by atoms with Crippen molar-refractivity contribution in [1.29, 1.82) is 0 Å². The highest BCUT2D eigenvalue weighted by atomic mass is 16.4. The first-order valence-corrected chi connectivity index (χ1v) is 4.70. The number of aromatic carboxylic acids is 1. The van der Waals surface area contributed by atoms with Crippen LogP contribution in [0.5, 0.6) is 0 Å². The SMILES string of the molecule is CCCC(=O)Nc1cnc(C(=O)O)c(N)n1. The van der Waals surface area contributed by atoms with Gasteiger partial charge in [0.05, 0.1) is 6.20 Å². The number of nitrogens with zero attached hydrogens (tertiary/aromatic N) is 2. The minimum atomic E-state index is -1.25. The van der Waals surface area contributed by atoms with Crippen molar-refractivity contribution in [3.63, 3.8) is 0 Å². The molecule has 1 aromatic heterocycles. The van der Waals surface area contributed by atoms with Crippen molar-refractivity contribution in [2.24, 2.45) is 0 Å². The Hall–Kier alpha value is -2.18. The summed E-state index contributed by atoms with van der Waals surface area (Å²) in [5.74, 6) is -1.53. The first-order valence-electron chi connectivity index (χ1n) is 4.70. The first-order chi connectivity index (χ1) is 7.54. The summed E-state index contributed by atoms with van der Waals surface area (Å²) in [7, 11) is 0. The third kappa shape index (κ3) is 2.91. The molecule has 7 heteroatoms. The second-order valence-corrected chi connectivity index (χ2v) is 3.09. The van der Waals surface area contributed by atoms with Crippen molar-refractivity contribution in [2.45, 2.75) is 19.8 Å². The number of aromatic nitrogens is 2. The Balaban J connectivity index is 2.81. The van der Waals surface area contributed by atoms with Gasteiger partial charge in [0.15, 0.2) is 17.3 Å². The molecule has 0 saturated carbocycles. The van der Waals surface area contributed by atoms with Gasteiger partial charge >= 0.3 is 5.97 Å². The highest BCUT2D eigenvalue weighted by Crippen LogP contribution is 2.09. The summed E-state index contributed by atoms with van der Waals surface area (Å²) >= 11 is 0. The summed E-state index contributed by atoms with van der Waals surface area (Å²) in [6.45, 7) is 1.87. The fourth-order valence-electron chi connectivity index (χ4n) is 1.06. The van der Waals surface area contributed by atoms with E-state index < -0.39 is 5.97 Å². The molecule has 1 heterocycles. The molecular weight excluding hydrogens is 212 g/mol. The molecule has 7 nitrogen and oxygen atoms in total. The van der Waals surface area contributed by atoms with Gasteiger partial charge in [0.25, 0.3) is 0 Å². The van der Waals surface area contributed by atoms with Gasteiger partial charge in [0.2, 0.25) is 5.91 Å². The van der Waals surface area contributed by atoms with Crippen molar-refractivity contribution in [3.8, 4) is 0 Å². The zero-order valence-electron chi connectivity index (χ0n) is 8.73. The molecule has 0 unspecified atom stereocenters. The van der Waals surface area contributed by atoms with E-state index in [0.29, 0.717) is 12.8 Å². The van der Waals surface area contributed by atoms with Crippen LogP contribution >= 0.6 is 0 Å². The number of rotatable bonds is 4. The molecule has 0 radical (unpaired) electrons. The first kappa shape index (κ1) is 11.9. The average Bonchev–Trinajstić information content (AvgIpc) is 2.17. The summed E-state index contributed by atoms with van der Waals surface area (Å²) in [5.41, 5.74) is 5.04. The van der Waals surface area contributed by atoms with E-state index in [1.165, 1.54) is 0 Å². The number of hydrogen-bond donors (Lipinski definition) is 3. The highest BCUT2D eigenvalue weighted by molar-refractivity contribution is 5.92. The maximum absolute atomic E-state index is 11.2. The van der Waals surface area contributed by atoms with Crippen LogP contribution in [0.3, 0.4) is 0 Å². The minimum Gasteiger partial charge on any atom is -0.476 e. The van der Waals surface area contributed by atoms with Gasteiger partial charge in [-0.1, -0.05) is 6.92 Å². The van der Waals surface area contributed by atoms with E-state index in [-0.39, 0.29) is 23.2 Å². The largest absolute Gasteiger partial charge is 0.476 e. The summed E-state index contributed by atoms with van der Waals surface area (Å²) < 4.78 is 0. The lowest BCUT2D eigenvalue weighted by atomic mass is 10.3. The summed E-state index contributed by atoms with van der Waals surface area (Å²) in [4.78, 5) is 29.1. The van der Waals surface area contributed by atoms with Crippen LogP contribution in [0.1, 0.15) is 30.3 Å². The van der Waals surface area contributed by atoms with Gasteiger partial charge in [0.1, 0.15) is 0 Å². The second kappa shape index (κ2) is 5.06. The van der Waals surface area contributed by atoms with Crippen molar-refractivity contribution in [3.05, 3.63) is 11.9 Å². The Morgan fingerprint density at radius 1 is 1.56 bits per heavy atom. The summed E-state index contributed by atoms with van der Waals surface area (Å²) in [6.07, 6.45) is 2.23. The number of carbonyl (C=O) groups is 2. The molecule has 1 rings (SSSR count). The van der Waals surface area contributed by atoms with Gasteiger partial charge in [-0.15, -0.1) is 0 Å². The van der Waals surface area contributed by atoms with Crippen LogP contribution < -0.4 is 11.1 Å². The molecule has 0 bridgehead atoms. The van der Waals surface area contributed by atoms with Gasteiger partial charge in [-0.3, -0.25) is 4.79 Å². The fraction of sp³-hybridized carbons (Fsp3) is 0.333. The van der Waals surface area contributed by atoms with E-state index in [2.05, 4.69) is 15.3 Å². The Bertz CT molecular complexity index is 419. The van der Waals surface area contributed by atoms with Crippen LogP contribution in [0.4, 0.5) is 11.6 Å². The standard InChI is InChI=1S/C9H12N4O3/c1-2-3-6(14)12-5-4-11-7(9(15)16)8(10)13-5/h4H,2-3H2,1H3,(H,15,16)(H3,10,12,13,14). The Labute approximate surface area is 91.7 Å². The molecule has 4 N–H and O–H groups in total. The van der Waals surface area contributed by atoms with Crippen molar-refractivity contribution < 1.29 is 14.7 Å². The quantitative estimate of drug-likeness (QED) is 0.685. The molecular formula is C9H12N4O3. The number of hydrogen-bond acceptors (Lipinski definition) is 5. The zero-order valence-corrected chi connectivity index (χ0v) is 8.73. The maximum Gasteiger partial charge on any atom is 0.358 e. The van der Waals surface area contributed by atoms with Crippen molar-refractivity contribution in [2.75, 3.05) is 11.1 Å². The van der Waals surface area contributed by atoms with Crippen molar-refractivity contribution in [1.82, 2.24) is 9.97 Å². The zero-order chi connectivity index (χ0) is 12.1. The molecule has 0 aromatic carbocycles.